The topological polar surface area (TPSA) is 53.1 Å². The van der Waals surface area contributed by atoms with Crippen LogP contribution in [0.15, 0.2) is 36.7 Å². The van der Waals surface area contributed by atoms with E-state index in [1.165, 1.54) is 0 Å². The van der Waals surface area contributed by atoms with Crippen LogP contribution in [0.1, 0.15) is 20.3 Å². The molecule has 4 heteroatoms. The summed E-state index contributed by atoms with van der Waals surface area (Å²) in [7, 11) is 0. The van der Waals surface area contributed by atoms with Gasteiger partial charge in [0.15, 0.2) is 0 Å². The predicted octanol–water partition coefficient (Wildman–Crippen LogP) is 2.93. The van der Waals surface area contributed by atoms with Crippen molar-refractivity contribution in [3.05, 3.63) is 36.7 Å². The number of benzene rings is 1. The quantitative estimate of drug-likeness (QED) is 0.844. The van der Waals surface area contributed by atoms with Gasteiger partial charge in [0.25, 0.3) is 0 Å². The van der Waals surface area contributed by atoms with Crippen LogP contribution in [0.3, 0.4) is 0 Å². The molecule has 1 heterocycles. The van der Waals surface area contributed by atoms with Crippen LogP contribution in [-0.2, 0) is 6.54 Å². The largest absolute Gasteiger partial charge is 0.493 e. The molecule has 2 rings (SSSR count). The van der Waals surface area contributed by atoms with Gasteiger partial charge in [-0.15, -0.1) is 0 Å². The lowest BCUT2D eigenvalue weighted by atomic mass is 10.1. The van der Waals surface area contributed by atoms with E-state index in [1.54, 1.807) is 0 Å². The second kappa shape index (κ2) is 7.10. The predicted molar refractivity (Wildman–Crippen MR) is 81.7 cm³/mol. The van der Waals surface area contributed by atoms with E-state index in [1.807, 2.05) is 23.0 Å². The van der Waals surface area contributed by atoms with Gasteiger partial charge in [-0.05, 0) is 36.6 Å². The number of rotatable bonds is 7. The van der Waals surface area contributed by atoms with Crippen LogP contribution in [0.2, 0.25) is 0 Å². The minimum absolute atomic E-state index is 0.537. The molecule has 0 aliphatic carbocycles. The second-order valence-electron chi connectivity index (χ2n) is 5.36. The molecular formula is C16H23N3O. The Morgan fingerprint density at radius 3 is 2.60 bits per heavy atom. The highest BCUT2D eigenvalue weighted by Crippen LogP contribution is 2.22. The Bertz CT molecular complexity index is 517. The molecule has 1 aromatic carbocycles. The molecule has 0 amide bonds. The first-order valence-electron chi connectivity index (χ1n) is 7.15. The first-order valence-corrected chi connectivity index (χ1v) is 7.15. The van der Waals surface area contributed by atoms with Crippen LogP contribution in [-0.4, -0.2) is 22.9 Å². The number of aromatic nitrogens is 2. The number of aryl methyl sites for hydroxylation is 1. The van der Waals surface area contributed by atoms with Crippen LogP contribution in [0.5, 0.6) is 5.75 Å². The maximum atomic E-state index is 5.68. The molecule has 0 fully saturated rings. The highest BCUT2D eigenvalue weighted by molar-refractivity contribution is 5.62. The van der Waals surface area contributed by atoms with E-state index in [-0.39, 0.29) is 0 Å². The van der Waals surface area contributed by atoms with Gasteiger partial charge in [-0.25, -0.2) is 0 Å². The zero-order chi connectivity index (χ0) is 14.4. The average molecular weight is 273 g/mol. The maximum absolute atomic E-state index is 5.68. The van der Waals surface area contributed by atoms with Crippen LogP contribution in [0.4, 0.5) is 0 Å². The molecule has 0 bridgehead atoms. The standard InChI is InChI=1S/C16H23N3O/c1-13(2)12-20-16-6-4-14(5-7-16)15-10-18-19(11-15)9-3-8-17/h4-7,10-11,13H,3,8-9,12,17H2,1-2H3. The first kappa shape index (κ1) is 14.6. The molecule has 20 heavy (non-hydrogen) atoms. The molecule has 108 valence electrons. The van der Waals surface area contributed by atoms with Crippen LogP contribution in [0, 0.1) is 5.92 Å². The van der Waals surface area contributed by atoms with Gasteiger partial charge < -0.3 is 10.5 Å². The lowest BCUT2D eigenvalue weighted by Crippen LogP contribution is -2.05. The van der Waals surface area contributed by atoms with Gasteiger partial charge >= 0.3 is 0 Å². The van der Waals surface area contributed by atoms with E-state index >= 15 is 0 Å². The molecule has 0 atom stereocenters. The van der Waals surface area contributed by atoms with E-state index in [4.69, 9.17) is 10.5 Å². The van der Waals surface area contributed by atoms with Crippen molar-refractivity contribution in [1.29, 1.82) is 0 Å². The smallest absolute Gasteiger partial charge is 0.119 e. The highest BCUT2D eigenvalue weighted by Gasteiger charge is 2.03. The monoisotopic (exact) mass is 273 g/mol. The third-order valence-corrected chi connectivity index (χ3v) is 3.00. The Hall–Kier alpha value is -1.81. The Balaban J connectivity index is 2.00. The third-order valence-electron chi connectivity index (χ3n) is 3.00. The van der Waals surface area contributed by atoms with Gasteiger partial charge in [0.05, 0.1) is 12.8 Å². The van der Waals surface area contributed by atoms with Crippen molar-refractivity contribution >= 4 is 0 Å². The molecule has 1 aromatic heterocycles. The molecule has 0 aliphatic rings. The Morgan fingerprint density at radius 2 is 1.95 bits per heavy atom. The average Bonchev–Trinajstić information content (AvgIpc) is 2.92. The number of nitrogens with zero attached hydrogens (tertiary/aromatic N) is 2. The highest BCUT2D eigenvalue weighted by atomic mass is 16.5. The fraction of sp³-hybridized carbons (Fsp3) is 0.438. The first-order chi connectivity index (χ1) is 9.69. The minimum Gasteiger partial charge on any atom is -0.493 e. The molecule has 0 radical (unpaired) electrons. The lowest BCUT2D eigenvalue weighted by Gasteiger charge is -2.08. The summed E-state index contributed by atoms with van der Waals surface area (Å²) in [5.74, 6) is 1.45. The van der Waals surface area contributed by atoms with E-state index in [9.17, 15) is 0 Å². The number of hydrogen-bond acceptors (Lipinski definition) is 3. The fourth-order valence-electron chi connectivity index (χ4n) is 1.89. The molecule has 0 aliphatic heterocycles. The summed E-state index contributed by atoms with van der Waals surface area (Å²) in [6.07, 6.45) is 4.89. The number of ether oxygens (including phenoxy) is 1. The summed E-state index contributed by atoms with van der Waals surface area (Å²) in [6, 6.07) is 8.16. The van der Waals surface area contributed by atoms with Crippen LogP contribution in [0.25, 0.3) is 11.1 Å². The van der Waals surface area contributed by atoms with Crippen molar-refractivity contribution in [1.82, 2.24) is 9.78 Å². The summed E-state index contributed by atoms with van der Waals surface area (Å²) >= 11 is 0. The zero-order valence-electron chi connectivity index (χ0n) is 12.2. The van der Waals surface area contributed by atoms with Crippen molar-refractivity contribution in [3.63, 3.8) is 0 Å². The summed E-state index contributed by atoms with van der Waals surface area (Å²) < 4.78 is 7.62. The SMILES string of the molecule is CC(C)COc1ccc(-c2cnn(CCCN)c2)cc1. The molecular weight excluding hydrogens is 250 g/mol. The number of hydrogen-bond donors (Lipinski definition) is 1. The van der Waals surface area contributed by atoms with Crippen molar-refractivity contribution in [2.45, 2.75) is 26.8 Å². The molecule has 2 aromatic rings. The lowest BCUT2D eigenvalue weighted by molar-refractivity contribution is 0.271. The Kier molecular flexibility index (Phi) is 5.18. The van der Waals surface area contributed by atoms with E-state index in [0.29, 0.717) is 12.5 Å². The fourth-order valence-corrected chi connectivity index (χ4v) is 1.89. The van der Waals surface area contributed by atoms with Gasteiger partial charge in [0.2, 0.25) is 0 Å². The zero-order valence-corrected chi connectivity index (χ0v) is 12.2. The van der Waals surface area contributed by atoms with Gasteiger partial charge in [-0.1, -0.05) is 26.0 Å². The van der Waals surface area contributed by atoms with Gasteiger partial charge in [0.1, 0.15) is 5.75 Å². The normalized spacial score (nSPS) is 11.0. The second-order valence-corrected chi connectivity index (χ2v) is 5.36. The van der Waals surface area contributed by atoms with Gasteiger partial charge in [-0.3, -0.25) is 4.68 Å². The van der Waals surface area contributed by atoms with E-state index in [2.05, 4.69) is 37.3 Å². The molecule has 2 N–H and O–H groups in total. The summed E-state index contributed by atoms with van der Waals surface area (Å²) in [4.78, 5) is 0. The minimum atomic E-state index is 0.537. The number of nitrogens with two attached hydrogens (primary N) is 1. The summed E-state index contributed by atoms with van der Waals surface area (Å²) in [6.45, 7) is 6.59. The van der Waals surface area contributed by atoms with Crippen molar-refractivity contribution in [2.75, 3.05) is 13.2 Å². The van der Waals surface area contributed by atoms with Crippen LogP contribution >= 0.6 is 0 Å². The van der Waals surface area contributed by atoms with Crippen molar-refractivity contribution in [2.24, 2.45) is 11.7 Å². The van der Waals surface area contributed by atoms with Crippen LogP contribution < -0.4 is 10.5 Å². The summed E-state index contributed by atoms with van der Waals surface area (Å²) in [5.41, 5.74) is 7.78. The maximum Gasteiger partial charge on any atom is 0.119 e. The third kappa shape index (κ3) is 4.10. The molecule has 0 saturated carbocycles. The molecule has 0 spiro atoms. The Labute approximate surface area is 120 Å². The molecule has 0 saturated heterocycles. The Morgan fingerprint density at radius 1 is 1.20 bits per heavy atom. The van der Waals surface area contributed by atoms with Crippen molar-refractivity contribution in [3.8, 4) is 16.9 Å². The molecule has 4 nitrogen and oxygen atoms in total. The van der Waals surface area contributed by atoms with Crippen molar-refractivity contribution < 1.29 is 4.74 Å². The van der Waals surface area contributed by atoms with E-state index < -0.39 is 0 Å². The van der Waals surface area contributed by atoms with Gasteiger partial charge in [0, 0.05) is 18.3 Å². The van der Waals surface area contributed by atoms with Gasteiger partial charge in [-0.2, -0.15) is 5.10 Å². The summed E-state index contributed by atoms with van der Waals surface area (Å²) in [5, 5.41) is 4.34. The van der Waals surface area contributed by atoms with E-state index in [0.717, 1.165) is 36.4 Å². The molecule has 0 unspecified atom stereocenters.